The minimum atomic E-state index is -0.487. The van der Waals surface area contributed by atoms with Crippen molar-refractivity contribution in [3.05, 3.63) is 34.8 Å². The molecule has 0 atom stereocenters. The van der Waals surface area contributed by atoms with Gasteiger partial charge in [0, 0.05) is 19.7 Å². The highest BCUT2D eigenvalue weighted by molar-refractivity contribution is 5.79. The number of likely N-dealkylation sites (tertiary alicyclic amines) is 1. The minimum absolute atomic E-state index is 0.0230. The fraction of sp³-hybridized carbons (Fsp3) is 0.500. The number of ether oxygens (including phenoxy) is 1. The van der Waals surface area contributed by atoms with Crippen LogP contribution in [-0.4, -0.2) is 41.2 Å². The van der Waals surface area contributed by atoms with E-state index in [9.17, 15) is 9.59 Å². The Morgan fingerprint density at radius 1 is 1.32 bits per heavy atom. The van der Waals surface area contributed by atoms with Crippen LogP contribution in [0.3, 0.4) is 0 Å². The van der Waals surface area contributed by atoms with E-state index >= 15 is 0 Å². The second-order valence-corrected chi connectivity index (χ2v) is 5.46. The molecule has 0 radical (unpaired) electrons. The highest BCUT2D eigenvalue weighted by atomic mass is 16.5. The van der Waals surface area contributed by atoms with Crippen molar-refractivity contribution >= 4 is 17.0 Å². The summed E-state index contributed by atoms with van der Waals surface area (Å²) in [6.07, 6.45) is 1.94. The molecular weight excluding hydrogens is 284 g/mol. The number of nitrogens with zero attached hydrogens (tertiary/aromatic N) is 2. The standard InChI is InChI=1S/C16H20N2O4/c1-2-21-12-7-9-17(10-8-12)15(19)11-18-13-5-3-4-6-14(13)22-16(18)20/h3-6,12H,2,7-11H2,1H3. The molecule has 0 saturated carbocycles. The zero-order chi connectivity index (χ0) is 15.5. The number of hydrogen-bond acceptors (Lipinski definition) is 4. The van der Waals surface area contributed by atoms with E-state index in [2.05, 4.69) is 0 Å². The maximum absolute atomic E-state index is 12.4. The minimum Gasteiger partial charge on any atom is -0.408 e. The Morgan fingerprint density at radius 3 is 2.77 bits per heavy atom. The predicted octanol–water partition coefficient (Wildman–Crippen LogP) is 1.62. The monoisotopic (exact) mass is 304 g/mol. The Balaban J connectivity index is 1.69. The molecule has 118 valence electrons. The van der Waals surface area contributed by atoms with Crippen LogP contribution in [0.4, 0.5) is 0 Å². The predicted molar refractivity (Wildman–Crippen MR) is 81.7 cm³/mol. The van der Waals surface area contributed by atoms with Crippen molar-refractivity contribution in [2.24, 2.45) is 0 Å². The molecular formula is C16H20N2O4. The molecule has 3 rings (SSSR count). The lowest BCUT2D eigenvalue weighted by Gasteiger charge is -2.31. The van der Waals surface area contributed by atoms with Crippen molar-refractivity contribution in [3.63, 3.8) is 0 Å². The van der Waals surface area contributed by atoms with Crippen molar-refractivity contribution in [3.8, 4) is 0 Å². The Bertz CT molecular complexity index is 710. The van der Waals surface area contributed by atoms with Crippen LogP contribution in [0.1, 0.15) is 19.8 Å². The van der Waals surface area contributed by atoms with Crippen molar-refractivity contribution in [2.75, 3.05) is 19.7 Å². The Labute approximate surface area is 128 Å². The third-order valence-electron chi connectivity index (χ3n) is 4.06. The lowest BCUT2D eigenvalue weighted by molar-refractivity contribution is -0.134. The molecule has 1 aliphatic heterocycles. The molecule has 1 aromatic heterocycles. The van der Waals surface area contributed by atoms with E-state index in [4.69, 9.17) is 9.15 Å². The molecule has 0 unspecified atom stereocenters. The molecule has 1 aromatic carbocycles. The van der Waals surface area contributed by atoms with Crippen LogP contribution >= 0.6 is 0 Å². The average molecular weight is 304 g/mol. The number of amides is 1. The van der Waals surface area contributed by atoms with Crippen molar-refractivity contribution < 1.29 is 13.9 Å². The maximum atomic E-state index is 12.4. The summed E-state index contributed by atoms with van der Waals surface area (Å²) in [5.74, 6) is -0.539. The first-order chi connectivity index (χ1) is 10.7. The molecule has 1 amide bonds. The first kappa shape index (κ1) is 14.8. The number of aromatic nitrogens is 1. The largest absolute Gasteiger partial charge is 0.420 e. The van der Waals surface area contributed by atoms with Crippen molar-refractivity contribution in [1.29, 1.82) is 0 Å². The quantitative estimate of drug-likeness (QED) is 0.861. The molecule has 1 aliphatic rings. The van der Waals surface area contributed by atoms with E-state index in [0.29, 0.717) is 30.8 Å². The molecule has 0 aliphatic carbocycles. The van der Waals surface area contributed by atoms with Gasteiger partial charge in [0.05, 0.1) is 11.6 Å². The number of oxazole rings is 1. The van der Waals surface area contributed by atoms with Gasteiger partial charge < -0.3 is 14.1 Å². The van der Waals surface area contributed by atoms with Gasteiger partial charge in [-0.15, -0.1) is 0 Å². The highest BCUT2D eigenvalue weighted by Gasteiger charge is 2.24. The fourth-order valence-electron chi connectivity index (χ4n) is 2.91. The Kier molecular flexibility index (Phi) is 4.29. The number of rotatable bonds is 4. The van der Waals surface area contributed by atoms with E-state index in [-0.39, 0.29) is 18.6 Å². The van der Waals surface area contributed by atoms with Crippen LogP contribution in [0.25, 0.3) is 11.1 Å². The van der Waals surface area contributed by atoms with Crippen LogP contribution in [0.15, 0.2) is 33.5 Å². The van der Waals surface area contributed by atoms with E-state index in [0.717, 1.165) is 12.8 Å². The SMILES string of the molecule is CCOC1CCN(C(=O)Cn2c(=O)oc3ccccc32)CC1. The van der Waals surface area contributed by atoms with Crippen LogP contribution in [0.2, 0.25) is 0 Å². The molecule has 6 nitrogen and oxygen atoms in total. The number of benzene rings is 1. The molecule has 0 N–H and O–H groups in total. The zero-order valence-electron chi connectivity index (χ0n) is 12.7. The lowest BCUT2D eigenvalue weighted by atomic mass is 10.1. The number of para-hydroxylation sites is 2. The van der Waals surface area contributed by atoms with E-state index < -0.39 is 5.76 Å². The van der Waals surface area contributed by atoms with Crippen molar-refractivity contribution in [1.82, 2.24) is 9.47 Å². The van der Waals surface area contributed by atoms with Gasteiger partial charge in [0.15, 0.2) is 5.58 Å². The smallest absolute Gasteiger partial charge is 0.408 e. The topological polar surface area (TPSA) is 64.7 Å². The zero-order valence-corrected chi connectivity index (χ0v) is 12.7. The second kappa shape index (κ2) is 6.36. The molecule has 22 heavy (non-hydrogen) atoms. The Hall–Kier alpha value is -2.08. The van der Waals surface area contributed by atoms with Crippen molar-refractivity contribution in [2.45, 2.75) is 32.4 Å². The van der Waals surface area contributed by atoms with Gasteiger partial charge >= 0.3 is 5.76 Å². The normalized spacial score (nSPS) is 16.3. The summed E-state index contributed by atoms with van der Waals surface area (Å²) < 4.78 is 12.1. The summed E-state index contributed by atoms with van der Waals surface area (Å²) in [5.41, 5.74) is 1.17. The summed E-state index contributed by atoms with van der Waals surface area (Å²) in [4.78, 5) is 26.1. The number of piperidine rings is 1. The molecule has 1 saturated heterocycles. The summed E-state index contributed by atoms with van der Waals surface area (Å²) in [6, 6.07) is 7.14. The first-order valence-corrected chi connectivity index (χ1v) is 7.66. The van der Waals surface area contributed by atoms with E-state index in [1.54, 1.807) is 23.1 Å². The third-order valence-corrected chi connectivity index (χ3v) is 4.06. The van der Waals surface area contributed by atoms with Crippen LogP contribution < -0.4 is 5.76 Å². The summed E-state index contributed by atoms with van der Waals surface area (Å²) in [7, 11) is 0. The summed E-state index contributed by atoms with van der Waals surface area (Å²) in [5, 5.41) is 0. The molecule has 0 spiro atoms. The number of carbonyl (C=O) groups is 1. The maximum Gasteiger partial charge on any atom is 0.420 e. The van der Waals surface area contributed by atoms with Gasteiger partial charge in [0.1, 0.15) is 6.54 Å². The van der Waals surface area contributed by atoms with Gasteiger partial charge in [-0.25, -0.2) is 4.79 Å². The molecule has 2 heterocycles. The molecule has 2 aromatic rings. The van der Waals surface area contributed by atoms with Gasteiger partial charge in [0.25, 0.3) is 0 Å². The number of carbonyl (C=O) groups excluding carboxylic acids is 1. The van der Waals surface area contributed by atoms with E-state index in [1.165, 1.54) is 4.57 Å². The number of fused-ring (bicyclic) bond motifs is 1. The molecule has 6 heteroatoms. The van der Waals surface area contributed by atoms with Gasteiger partial charge in [-0.3, -0.25) is 9.36 Å². The average Bonchev–Trinajstić information content (AvgIpc) is 2.84. The molecule has 1 fully saturated rings. The first-order valence-electron chi connectivity index (χ1n) is 7.66. The number of hydrogen-bond donors (Lipinski definition) is 0. The second-order valence-electron chi connectivity index (χ2n) is 5.46. The van der Waals surface area contributed by atoms with Crippen LogP contribution in [0.5, 0.6) is 0 Å². The lowest BCUT2D eigenvalue weighted by Crippen LogP contribution is -2.43. The molecule has 0 bridgehead atoms. The van der Waals surface area contributed by atoms with Gasteiger partial charge in [0.2, 0.25) is 5.91 Å². The van der Waals surface area contributed by atoms with Crippen LogP contribution in [0, 0.1) is 0 Å². The Morgan fingerprint density at radius 2 is 2.05 bits per heavy atom. The van der Waals surface area contributed by atoms with Crippen LogP contribution in [-0.2, 0) is 16.1 Å². The third kappa shape index (κ3) is 2.92. The van der Waals surface area contributed by atoms with E-state index in [1.807, 2.05) is 13.0 Å². The summed E-state index contributed by atoms with van der Waals surface area (Å²) >= 11 is 0. The fourth-order valence-corrected chi connectivity index (χ4v) is 2.91. The van der Waals surface area contributed by atoms with Gasteiger partial charge in [-0.05, 0) is 31.9 Å². The highest BCUT2D eigenvalue weighted by Crippen LogP contribution is 2.15. The van der Waals surface area contributed by atoms with Gasteiger partial charge in [-0.1, -0.05) is 12.1 Å². The van der Waals surface area contributed by atoms with Gasteiger partial charge in [-0.2, -0.15) is 0 Å². The summed E-state index contributed by atoms with van der Waals surface area (Å²) in [6.45, 7) is 4.06.